The van der Waals surface area contributed by atoms with E-state index >= 15 is 0 Å². The fraction of sp³-hybridized carbons (Fsp3) is 0.240. The van der Waals surface area contributed by atoms with E-state index in [4.69, 9.17) is 32.7 Å². The molecule has 172 valence electrons. The van der Waals surface area contributed by atoms with E-state index in [1.807, 2.05) is 36.4 Å². The van der Waals surface area contributed by atoms with Gasteiger partial charge in [-0.1, -0.05) is 41.4 Å². The van der Waals surface area contributed by atoms with E-state index in [1.165, 1.54) is 12.1 Å². The standard InChI is InChI=1S/C25H24Cl2FN3O2/c1-32-23-12-16(11-20(27)25(23)33-15-17-8-9-18(28)13-19(17)26)14-29-10-4-7-24-30-21-5-2-3-6-22(21)31-24/h2-3,5-6,8-9,11-13,29H,4,7,10,14-15H2,1H3,(H,30,31). The molecular formula is C25H24Cl2FN3O2. The predicted molar refractivity (Wildman–Crippen MR) is 130 cm³/mol. The minimum absolute atomic E-state index is 0.147. The number of rotatable bonds is 10. The van der Waals surface area contributed by atoms with Gasteiger partial charge in [0.05, 0.1) is 28.2 Å². The van der Waals surface area contributed by atoms with Crippen LogP contribution in [0.4, 0.5) is 4.39 Å². The third kappa shape index (κ3) is 5.96. The number of fused-ring (bicyclic) bond motifs is 1. The van der Waals surface area contributed by atoms with Crippen molar-refractivity contribution in [3.63, 3.8) is 0 Å². The lowest BCUT2D eigenvalue weighted by Gasteiger charge is -2.15. The fourth-order valence-electron chi connectivity index (χ4n) is 3.54. The van der Waals surface area contributed by atoms with E-state index in [-0.39, 0.29) is 6.61 Å². The summed E-state index contributed by atoms with van der Waals surface area (Å²) in [7, 11) is 1.56. The van der Waals surface area contributed by atoms with E-state index in [2.05, 4.69) is 15.3 Å². The monoisotopic (exact) mass is 487 g/mol. The molecule has 0 amide bonds. The highest BCUT2D eigenvalue weighted by Crippen LogP contribution is 2.37. The average molecular weight is 488 g/mol. The largest absolute Gasteiger partial charge is 0.493 e. The van der Waals surface area contributed by atoms with Gasteiger partial charge in [0.25, 0.3) is 0 Å². The lowest BCUT2D eigenvalue weighted by Crippen LogP contribution is -2.15. The first-order valence-corrected chi connectivity index (χ1v) is 11.4. The number of hydrogen-bond donors (Lipinski definition) is 2. The SMILES string of the molecule is COc1cc(CNCCCc2nc3ccccc3[nH]2)cc(Cl)c1OCc1ccc(F)cc1Cl. The zero-order valence-corrected chi connectivity index (χ0v) is 19.6. The molecule has 0 atom stereocenters. The van der Waals surface area contributed by atoms with E-state index in [9.17, 15) is 4.39 Å². The summed E-state index contributed by atoms with van der Waals surface area (Å²) >= 11 is 12.5. The van der Waals surface area contributed by atoms with Crippen molar-refractivity contribution in [3.8, 4) is 11.5 Å². The van der Waals surface area contributed by atoms with Crippen LogP contribution in [0.5, 0.6) is 11.5 Å². The number of para-hydroxylation sites is 2. The number of imidazole rings is 1. The Labute approximate surface area is 201 Å². The number of benzene rings is 3. The summed E-state index contributed by atoms with van der Waals surface area (Å²) in [5.74, 6) is 1.55. The van der Waals surface area contributed by atoms with Gasteiger partial charge < -0.3 is 19.8 Å². The van der Waals surface area contributed by atoms with Gasteiger partial charge in [-0.05, 0) is 54.9 Å². The molecule has 0 saturated carbocycles. The minimum atomic E-state index is -0.395. The first-order valence-electron chi connectivity index (χ1n) is 10.6. The second-order valence-corrected chi connectivity index (χ2v) is 8.43. The summed E-state index contributed by atoms with van der Waals surface area (Å²) < 4.78 is 24.6. The predicted octanol–water partition coefficient (Wildman–Crippen LogP) is 6.32. The van der Waals surface area contributed by atoms with Gasteiger partial charge in [-0.2, -0.15) is 0 Å². The Hall–Kier alpha value is -2.80. The lowest BCUT2D eigenvalue weighted by molar-refractivity contribution is 0.284. The summed E-state index contributed by atoms with van der Waals surface area (Å²) in [4.78, 5) is 7.95. The van der Waals surface area contributed by atoms with E-state index in [0.29, 0.717) is 33.7 Å². The van der Waals surface area contributed by atoms with Crippen molar-refractivity contribution < 1.29 is 13.9 Å². The van der Waals surface area contributed by atoms with Gasteiger partial charge in [0, 0.05) is 18.5 Å². The third-order valence-electron chi connectivity index (χ3n) is 5.21. The van der Waals surface area contributed by atoms with Crippen LogP contribution in [0.15, 0.2) is 54.6 Å². The maximum Gasteiger partial charge on any atom is 0.180 e. The van der Waals surface area contributed by atoms with E-state index in [1.54, 1.807) is 13.2 Å². The van der Waals surface area contributed by atoms with Crippen molar-refractivity contribution >= 4 is 34.2 Å². The Morgan fingerprint density at radius 2 is 1.91 bits per heavy atom. The first kappa shape index (κ1) is 23.4. The Morgan fingerprint density at radius 3 is 2.70 bits per heavy atom. The van der Waals surface area contributed by atoms with Crippen molar-refractivity contribution in [2.24, 2.45) is 0 Å². The molecule has 0 aliphatic heterocycles. The topological polar surface area (TPSA) is 59.2 Å². The molecule has 3 aromatic carbocycles. The van der Waals surface area contributed by atoms with Gasteiger partial charge in [-0.15, -0.1) is 0 Å². The molecular weight excluding hydrogens is 464 g/mol. The van der Waals surface area contributed by atoms with Crippen LogP contribution in [0.2, 0.25) is 10.0 Å². The lowest BCUT2D eigenvalue weighted by atomic mass is 10.2. The van der Waals surface area contributed by atoms with Crippen LogP contribution >= 0.6 is 23.2 Å². The summed E-state index contributed by atoms with van der Waals surface area (Å²) in [6.45, 7) is 1.62. The van der Waals surface area contributed by atoms with Gasteiger partial charge in [0.15, 0.2) is 11.5 Å². The van der Waals surface area contributed by atoms with Crippen LogP contribution in [0.3, 0.4) is 0 Å². The third-order valence-corrected chi connectivity index (χ3v) is 5.84. The quantitative estimate of drug-likeness (QED) is 0.257. The number of aryl methyl sites for hydroxylation is 1. The maximum atomic E-state index is 13.2. The second kappa shape index (κ2) is 10.9. The summed E-state index contributed by atoms with van der Waals surface area (Å²) in [6.07, 6.45) is 1.81. The smallest absolute Gasteiger partial charge is 0.180 e. The van der Waals surface area contributed by atoms with Crippen molar-refractivity contribution in [2.45, 2.75) is 26.0 Å². The molecule has 0 radical (unpaired) electrons. The summed E-state index contributed by atoms with van der Waals surface area (Å²) in [5, 5.41) is 4.16. The molecule has 4 rings (SSSR count). The van der Waals surface area contributed by atoms with Crippen LogP contribution in [-0.2, 0) is 19.6 Å². The molecule has 1 aromatic heterocycles. The van der Waals surface area contributed by atoms with Crippen molar-refractivity contribution in [1.29, 1.82) is 0 Å². The minimum Gasteiger partial charge on any atom is -0.493 e. The zero-order chi connectivity index (χ0) is 23.2. The number of H-pyrrole nitrogens is 1. The molecule has 0 aliphatic carbocycles. The van der Waals surface area contributed by atoms with Crippen LogP contribution < -0.4 is 14.8 Å². The van der Waals surface area contributed by atoms with Crippen molar-refractivity contribution in [3.05, 3.63) is 87.4 Å². The molecule has 0 spiro atoms. The Kier molecular flexibility index (Phi) is 7.70. The highest BCUT2D eigenvalue weighted by Gasteiger charge is 2.13. The van der Waals surface area contributed by atoms with Gasteiger partial charge >= 0.3 is 0 Å². The molecule has 0 fully saturated rings. The number of aromatic amines is 1. The molecule has 0 unspecified atom stereocenters. The Morgan fingerprint density at radius 1 is 1.06 bits per heavy atom. The number of halogens is 3. The molecule has 0 aliphatic rings. The van der Waals surface area contributed by atoms with Crippen LogP contribution in [0.25, 0.3) is 11.0 Å². The van der Waals surface area contributed by atoms with Gasteiger partial charge in [0.2, 0.25) is 0 Å². The molecule has 0 saturated heterocycles. The number of nitrogens with zero attached hydrogens (tertiary/aromatic N) is 1. The number of nitrogens with one attached hydrogen (secondary N) is 2. The molecule has 2 N–H and O–H groups in total. The molecule has 33 heavy (non-hydrogen) atoms. The van der Waals surface area contributed by atoms with Gasteiger partial charge in [-0.3, -0.25) is 0 Å². The van der Waals surface area contributed by atoms with Crippen LogP contribution in [0, 0.1) is 5.82 Å². The van der Waals surface area contributed by atoms with Gasteiger partial charge in [0.1, 0.15) is 18.2 Å². The zero-order valence-electron chi connectivity index (χ0n) is 18.1. The van der Waals surface area contributed by atoms with E-state index < -0.39 is 5.82 Å². The first-order chi connectivity index (χ1) is 16.0. The number of ether oxygens (including phenoxy) is 2. The average Bonchev–Trinajstić information content (AvgIpc) is 3.21. The molecule has 8 heteroatoms. The van der Waals surface area contributed by atoms with Crippen LogP contribution in [0.1, 0.15) is 23.4 Å². The summed E-state index contributed by atoms with van der Waals surface area (Å²) in [6, 6.07) is 15.9. The van der Waals surface area contributed by atoms with Gasteiger partial charge in [-0.25, -0.2) is 9.37 Å². The molecule has 4 aromatic rings. The fourth-order valence-corrected chi connectivity index (χ4v) is 4.05. The molecule has 0 bridgehead atoms. The highest BCUT2D eigenvalue weighted by atomic mass is 35.5. The highest BCUT2D eigenvalue weighted by molar-refractivity contribution is 6.32. The second-order valence-electron chi connectivity index (χ2n) is 7.61. The molecule has 5 nitrogen and oxygen atoms in total. The Bertz CT molecular complexity index is 1210. The summed E-state index contributed by atoms with van der Waals surface area (Å²) in [5.41, 5.74) is 3.69. The number of hydrogen-bond acceptors (Lipinski definition) is 4. The van der Waals surface area contributed by atoms with Crippen LogP contribution in [-0.4, -0.2) is 23.6 Å². The Balaban J connectivity index is 1.30. The van der Waals surface area contributed by atoms with E-state index in [0.717, 1.165) is 41.8 Å². The van der Waals surface area contributed by atoms with Crippen molar-refractivity contribution in [2.75, 3.05) is 13.7 Å². The maximum absolute atomic E-state index is 13.2. The normalized spacial score (nSPS) is 11.2. The molecule has 1 heterocycles. The van der Waals surface area contributed by atoms with Crippen molar-refractivity contribution in [1.82, 2.24) is 15.3 Å². The number of aromatic nitrogens is 2. The number of methoxy groups -OCH3 is 1.